The lowest BCUT2D eigenvalue weighted by Gasteiger charge is -2.24. The third-order valence-corrected chi connectivity index (χ3v) is 8.31. The van der Waals surface area contributed by atoms with Gasteiger partial charge in [0.05, 0.1) is 54.1 Å². The molecular formula is C26H26Cl2FN7O3. The van der Waals surface area contributed by atoms with E-state index in [0.29, 0.717) is 47.0 Å². The zero-order chi connectivity index (χ0) is 26.3. The molecule has 2 aliphatic heterocycles. The fourth-order valence-corrected chi connectivity index (χ4v) is 6.32. The molecule has 204 valence electrons. The Bertz CT molecular complexity index is 1620. The number of amides is 2. The summed E-state index contributed by atoms with van der Waals surface area (Å²) in [6.07, 6.45) is 3.03. The first kappa shape index (κ1) is 26.1. The molecule has 13 heteroatoms. The number of fused-ring (bicyclic) bond motifs is 3. The minimum absolute atomic E-state index is 0. The van der Waals surface area contributed by atoms with E-state index in [1.807, 2.05) is 19.9 Å². The van der Waals surface area contributed by atoms with Crippen LogP contribution in [0.1, 0.15) is 19.4 Å². The summed E-state index contributed by atoms with van der Waals surface area (Å²) in [6, 6.07) is 5.14. The molecule has 39 heavy (non-hydrogen) atoms. The SMILES string of the molecule is CC1(C)C2C(=O)N(Cc3cc4c(-c5cc(Cl)cc6c(F)nn(C[C@@H]7CNCCO7)c56)ncnn4c3)C(=O)C21.Cl. The van der Waals surface area contributed by atoms with Gasteiger partial charge in [-0.3, -0.25) is 19.2 Å². The molecule has 10 nitrogen and oxygen atoms in total. The number of likely N-dealkylation sites (tertiary alicyclic amines) is 1. The Morgan fingerprint density at radius 2 is 1.97 bits per heavy atom. The Kier molecular flexibility index (Phi) is 6.18. The van der Waals surface area contributed by atoms with E-state index in [-0.39, 0.29) is 59.5 Å². The van der Waals surface area contributed by atoms with Gasteiger partial charge in [0, 0.05) is 29.9 Å². The highest BCUT2D eigenvalue weighted by atomic mass is 35.5. The molecule has 2 amide bonds. The summed E-state index contributed by atoms with van der Waals surface area (Å²) in [6.45, 7) is 6.42. The van der Waals surface area contributed by atoms with Gasteiger partial charge in [0.2, 0.25) is 17.8 Å². The molecule has 0 spiro atoms. The van der Waals surface area contributed by atoms with E-state index in [0.717, 1.165) is 12.1 Å². The minimum atomic E-state index is -0.624. The summed E-state index contributed by atoms with van der Waals surface area (Å²) < 4.78 is 24.1. The molecule has 2 unspecified atom stereocenters. The standard InChI is InChI=1S/C26H25ClFN7O3.ClH/c1-26(2)19-20(26)25(37)33(24(19)36)9-13-5-18-21(30-12-31-34(18)10-13)16-6-14(27)7-17-22(16)35(32-23(17)28)11-15-8-29-3-4-38-15;/h5-7,10,12,15,19-20,29H,3-4,8-9,11H2,1-2H3;1H/t15-,19?,20?;/m0./s1. The summed E-state index contributed by atoms with van der Waals surface area (Å²) >= 11 is 6.42. The molecule has 1 aromatic carbocycles. The molecule has 0 radical (unpaired) electrons. The van der Waals surface area contributed by atoms with Crippen LogP contribution < -0.4 is 5.32 Å². The molecule has 1 N–H and O–H groups in total. The number of aromatic nitrogens is 5. The van der Waals surface area contributed by atoms with Crippen molar-refractivity contribution in [2.45, 2.75) is 33.0 Å². The molecule has 2 saturated heterocycles. The lowest BCUT2D eigenvalue weighted by atomic mass is 10.1. The van der Waals surface area contributed by atoms with Crippen LogP contribution in [0.15, 0.2) is 30.7 Å². The summed E-state index contributed by atoms with van der Waals surface area (Å²) in [5, 5.41) is 12.4. The van der Waals surface area contributed by atoms with Crippen molar-refractivity contribution >= 4 is 52.2 Å². The number of nitrogens with zero attached hydrogens (tertiary/aromatic N) is 6. The Morgan fingerprint density at radius 3 is 2.69 bits per heavy atom. The number of hydrogen-bond donors (Lipinski definition) is 1. The van der Waals surface area contributed by atoms with Crippen LogP contribution >= 0.6 is 24.0 Å². The van der Waals surface area contributed by atoms with E-state index in [1.54, 1.807) is 27.5 Å². The van der Waals surface area contributed by atoms with Crippen molar-refractivity contribution in [1.29, 1.82) is 0 Å². The van der Waals surface area contributed by atoms with Crippen LogP contribution in [0.3, 0.4) is 0 Å². The second-order valence-electron chi connectivity index (χ2n) is 10.8. The number of ether oxygens (including phenoxy) is 1. The maximum atomic E-state index is 15.0. The first-order chi connectivity index (χ1) is 18.2. The largest absolute Gasteiger partial charge is 0.374 e. The van der Waals surface area contributed by atoms with Gasteiger partial charge in [-0.2, -0.15) is 9.49 Å². The van der Waals surface area contributed by atoms with Crippen LogP contribution in [0.4, 0.5) is 4.39 Å². The normalized spacial score (nSPS) is 23.9. The quantitative estimate of drug-likeness (QED) is 0.365. The van der Waals surface area contributed by atoms with E-state index < -0.39 is 5.95 Å². The molecule has 1 aliphatic carbocycles. The van der Waals surface area contributed by atoms with Crippen LogP contribution in [0.2, 0.25) is 5.02 Å². The van der Waals surface area contributed by atoms with Gasteiger partial charge >= 0.3 is 0 Å². The van der Waals surface area contributed by atoms with Gasteiger partial charge < -0.3 is 10.1 Å². The number of hydrogen-bond acceptors (Lipinski definition) is 7. The molecule has 4 aromatic rings. The zero-order valence-corrected chi connectivity index (χ0v) is 22.8. The van der Waals surface area contributed by atoms with Crippen LogP contribution in [0.25, 0.3) is 27.7 Å². The molecular weight excluding hydrogens is 548 g/mol. The van der Waals surface area contributed by atoms with Crippen molar-refractivity contribution in [3.05, 3.63) is 47.3 Å². The number of halogens is 3. The Labute approximate surface area is 233 Å². The lowest BCUT2D eigenvalue weighted by molar-refractivity contribution is -0.143. The van der Waals surface area contributed by atoms with Crippen molar-refractivity contribution in [2.75, 3.05) is 19.7 Å². The van der Waals surface area contributed by atoms with Crippen molar-refractivity contribution in [3.8, 4) is 11.3 Å². The maximum absolute atomic E-state index is 15.0. The third kappa shape index (κ3) is 4.02. The first-order valence-corrected chi connectivity index (χ1v) is 13.0. The first-order valence-electron chi connectivity index (χ1n) is 12.6. The van der Waals surface area contributed by atoms with Gasteiger partial charge in [0.1, 0.15) is 12.0 Å². The fraction of sp³-hybridized carbons (Fsp3) is 0.423. The predicted octanol–water partition coefficient (Wildman–Crippen LogP) is 3.09. The number of nitrogens with one attached hydrogen (secondary N) is 1. The van der Waals surface area contributed by atoms with Crippen molar-refractivity contribution in [1.82, 2.24) is 34.6 Å². The van der Waals surface area contributed by atoms with Crippen LogP contribution in [0.5, 0.6) is 0 Å². The molecule has 0 bridgehead atoms. The number of carbonyl (C=O) groups is 2. The Hall–Kier alpha value is -3.12. The van der Waals surface area contributed by atoms with Crippen LogP contribution in [-0.2, 0) is 27.4 Å². The average molecular weight is 574 g/mol. The number of benzene rings is 1. The van der Waals surface area contributed by atoms with Gasteiger partial charge in [-0.1, -0.05) is 25.4 Å². The topological polar surface area (TPSA) is 107 Å². The molecule has 3 aliphatic rings. The Balaban J connectivity index is 0.00000277. The molecule has 5 heterocycles. The highest BCUT2D eigenvalue weighted by Crippen LogP contribution is 2.63. The van der Waals surface area contributed by atoms with Crippen LogP contribution in [0, 0.1) is 23.2 Å². The molecule has 3 fully saturated rings. The maximum Gasteiger partial charge on any atom is 0.240 e. The van der Waals surface area contributed by atoms with Crippen molar-refractivity contribution in [3.63, 3.8) is 0 Å². The lowest BCUT2D eigenvalue weighted by Crippen LogP contribution is -2.40. The summed E-state index contributed by atoms with van der Waals surface area (Å²) in [5.74, 6) is -1.34. The van der Waals surface area contributed by atoms with Gasteiger partial charge in [-0.15, -0.1) is 17.5 Å². The predicted molar refractivity (Wildman–Crippen MR) is 143 cm³/mol. The van der Waals surface area contributed by atoms with Gasteiger partial charge in [0.25, 0.3) is 0 Å². The van der Waals surface area contributed by atoms with Crippen molar-refractivity contribution in [2.24, 2.45) is 17.3 Å². The molecule has 3 atom stereocenters. The number of rotatable bonds is 5. The molecule has 3 aromatic heterocycles. The average Bonchev–Trinajstić information content (AvgIpc) is 3.17. The van der Waals surface area contributed by atoms with Gasteiger partial charge in [-0.05, 0) is 29.2 Å². The van der Waals surface area contributed by atoms with Gasteiger partial charge in [0.15, 0.2) is 0 Å². The molecule has 1 saturated carbocycles. The second-order valence-corrected chi connectivity index (χ2v) is 11.3. The van der Waals surface area contributed by atoms with E-state index in [4.69, 9.17) is 16.3 Å². The van der Waals surface area contributed by atoms with Crippen LogP contribution in [-0.4, -0.2) is 66.9 Å². The third-order valence-electron chi connectivity index (χ3n) is 8.09. The summed E-state index contributed by atoms with van der Waals surface area (Å²) in [5.41, 5.74) is 2.80. The Morgan fingerprint density at radius 1 is 1.21 bits per heavy atom. The van der Waals surface area contributed by atoms with E-state index in [9.17, 15) is 14.0 Å². The number of piperidine rings is 1. The smallest absolute Gasteiger partial charge is 0.240 e. The van der Waals surface area contributed by atoms with Crippen molar-refractivity contribution < 1.29 is 18.7 Å². The second kappa shape index (κ2) is 9.22. The number of morpholine rings is 1. The fourth-order valence-electron chi connectivity index (χ4n) is 6.11. The summed E-state index contributed by atoms with van der Waals surface area (Å²) in [4.78, 5) is 31.6. The van der Waals surface area contributed by atoms with E-state index in [1.165, 1.54) is 11.2 Å². The monoisotopic (exact) mass is 573 g/mol. The zero-order valence-electron chi connectivity index (χ0n) is 21.2. The number of imide groups is 1. The highest BCUT2D eigenvalue weighted by molar-refractivity contribution is 6.32. The van der Waals surface area contributed by atoms with Gasteiger partial charge in [-0.25, -0.2) is 9.50 Å². The summed E-state index contributed by atoms with van der Waals surface area (Å²) in [7, 11) is 0. The highest BCUT2D eigenvalue weighted by Gasteiger charge is 2.72. The van der Waals surface area contributed by atoms with E-state index >= 15 is 0 Å². The van der Waals surface area contributed by atoms with E-state index in [2.05, 4.69) is 20.5 Å². The molecule has 7 rings (SSSR count). The minimum Gasteiger partial charge on any atom is -0.374 e. The number of carbonyl (C=O) groups excluding carboxylic acids is 2.